The summed E-state index contributed by atoms with van der Waals surface area (Å²) < 4.78 is 54.5. The number of benzene rings is 3. The fraction of sp³-hybridized carbons (Fsp3) is 0.130. The minimum atomic E-state index is -4.41. The highest BCUT2D eigenvalue weighted by Crippen LogP contribution is 2.52. The molecule has 2 heterocycles. The monoisotopic (exact) mass is 488 g/mol. The summed E-state index contributed by atoms with van der Waals surface area (Å²) in [6, 6.07) is 15.5. The van der Waals surface area contributed by atoms with Crippen LogP contribution in [0.15, 0.2) is 66.7 Å². The second-order valence-corrected chi connectivity index (χ2v) is 10.3. The van der Waals surface area contributed by atoms with Crippen LogP contribution in [0.5, 0.6) is 0 Å². The molecule has 0 N–H and O–H groups in total. The van der Waals surface area contributed by atoms with E-state index in [0.717, 1.165) is 17.0 Å². The molecule has 1 atom stereocenters. The molecule has 2 amide bonds. The second-order valence-electron chi connectivity index (χ2n) is 7.77. The van der Waals surface area contributed by atoms with Crippen LogP contribution in [0.3, 0.4) is 0 Å². The van der Waals surface area contributed by atoms with E-state index in [1.54, 1.807) is 42.5 Å². The third kappa shape index (κ3) is 2.99. The van der Waals surface area contributed by atoms with Gasteiger partial charge in [-0.1, -0.05) is 41.9 Å². The van der Waals surface area contributed by atoms with Crippen molar-refractivity contribution in [1.82, 2.24) is 0 Å². The van der Waals surface area contributed by atoms with Gasteiger partial charge in [-0.25, -0.2) is 17.2 Å². The van der Waals surface area contributed by atoms with E-state index in [1.165, 1.54) is 11.0 Å². The molecule has 168 valence electrons. The maximum Gasteiger partial charge on any atom is 0.274 e. The summed E-state index contributed by atoms with van der Waals surface area (Å²) in [5.74, 6) is -5.16. The highest BCUT2D eigenvalue weighted by atomic mass is 35.5. The van der Waals surface area contributed by atoms with Crippen molar-refractivity contribution >= 4 is 44.6 Å². The van der Waals surface area contributed by atoms with Gasteiger partial charge in [0.05, 0.1) is 12.2 Å². The smallest absolute Gasteiger partial charge is 0.274 e. The molecule has 1 saturated heterocycles. The number of amides is 2. The first kappa shape index (κ1) is 21.5. The minimum Gasteiger partial charge on any atom is -0.304 e. The van der Waals surface area contributed by atoms with Crippen LogP contribution in [0.4, 0.5) is 20.2 Å². The van der Waals surface area contributed by atoms with Crippen molar-refractivity contribution in [3.05, 3.63) is 94.5 Å². The van der Waals surface area contributed by atoms with E-state index in [1.807, 2.05) is 0 Å². The maximum atomic E-state index is 14.1. The molecule has 33 heavy (non-hydrogen) atoms. The first-order valence-electron chi connectivity index (χ1n) is 9.83. The summed E-state index contributed by atoms with van der Waals surface area (Å²) in [6.07, 6.45) is 0. The number of halogens is 3. The molecule has 6 nitrogen and oxygen atoms in total. The fourth-order valence-corrected chi connectivity index (χ4v) is 6.74. The number of carbonyl (C=O) groups is 2. The molecule has 1 fully saturated rings. The molecule has 0 aliphatic carbocycles. The summed E-state index contributed by atoms with van der Waals surface area (Å²) in [6.45, 7) is -0.00646. The van der Waals surface area contributed by atoms with Crippen LogP contribution in [0, 0.1) is 11.6 Å². The van der Waals surface area contributed by atoms with Crippen molar-refractivity contribution in [2.45, 2.75) is 11.4 Å². The lowest BCUT2D eigenvalue weighted by Gasteiger charge is -2.32. The summed E-state index contributed by atoms with van der Waals surface area (Å²) in [4.78, 5) is 26.5. The molecule has 0 aromatic heterocycles. The molecule has 5 rings (SSSR count). The summed E-state index contributed by atoms with van der Waals surface area (Å²) in [5, 5.41) is 0.439. The van der Waals surface area contributed by atoms with Crippen molar-refractivity contribution < 1.29 is 26.8 Å². The topological polar surface area (TPSA) is 74.8 Å². The van der Waals surface area contributed by atoms with E-state index in [-0.39, 0.29) is 17.8 Å². The average molecular weight is 489 g/mol. The van der Waals surface area contributed by atoms with Crippen LogP contribution in [-0.2, 0) is 30.8 Å². The minimum absolute atomic E-state index is 0.00646. The highest BCUT2D eigenvalue weighted by Gasteiger charge is 2.69. The number of para-hydroxylation sites is 1. The van der Waals surface area contributed by atoms with E-state index in [9.17, 15) is 26.8 Å². The fourth-order valence-electron chi connectivity index (χ4n) is 4.49. The van der Waals surface area contributed by atoms with Gasteiger partial charge >= 0.3 is 0 Å². The molecule has 2 aliphatic rings. The number of rotatable bonds is 3. The van der Waals surface area contributed by atoms with Crippen LogP contribution in [0.2, 0.25) is 5.02 Å². The number of hydrogen-bond donors (Lipinski definition) is 0. The number of carbonyl (C=O) groups excluding carboxylic acids is 2. The lowest BCUT2D eigenvalue weighted by Crippen LogP contribution is -2.54. The van der Waals surface area contributed by atoms with Crippen molar-refractivity contribution in [2.24, 2.45) is 0 Å². The quantitative estimate of drug-likeness (QED) is 0.562. The Morgan fingerprint density at radius 3 is 2.42 bits per heavy atom. The van der Waals surface area contributed by atoms with Gasteiger partial charge in [-0.2, -0.15) is 0 Å². The van der Waals surface area contributed by atoms with E-state index in [4.69, 9.17) is 11.6 Å². The average Bonchev–Trinajstić information content (AvgIpc) is 3.13. The number of fused-ring (bicyclic) bond motifs is 2. The molecule has 0 saturated carbocycles. The van der Waals surface area contributed by atoms with Gasteiger partial charge in [0.2, 0.25) is 5.91 Å². The highest BCUT2D eigenvalue weighted by molar-refractivity contribution is 7.94. The van der Waals surface area contributed by atoms with Gasteiger partial charge < -0.3 is 4.90 Å². The normalized spacial score (nSPS) is 21.2. The lowest BCUT2D eigenvalue weighted by atomic mass is 10.0. The SMILES string of the molecule is O=C1CS(=O)(=O)C2(C(=O)N(Cc3cccc(Cl)c3)c3ccccc32)N1c1ccc(F)c(F)c1. The molecule has 1 spiro atoms. The standard InChI is InChI=1S/C23H15ClF2N2O4S/c24-15-5-3-4-14(10-15)12-27-20-7-2-1-6-17(20)23(22(27)30)28(21(29)13-33(23,31)32)16-8-9-18(25)19(26)11-16/h1-11H,12-13H2. The largest absolute Gasteiger partial charge is 0.304 e. The van der Waals surface area contributed by atoms with Crippen molar-refractivity contribution in [3.63, 3.8) is 0 Å². The second kappa shape index (κ2) is 7.36. The van der Waals surface area contributed by atoms with Crippen molar-refractivity contribution in [1.29, 1.82) is 0 Å². The first-order valence-corrected chi connectivity index (χ1v) is 11.9. The summed E-state index contributed by atoms with van der Waals surface area (Å²) >= 11 is 6.06. The Bertz CT molecular complexity index is 1450. The van der Waals surface area contributed by atoms with E-state index in [2.05, 4.69) is 0 Å². The van der Waals surface area contributed by atoms with Crippen LogP contribution in [-0.4, -0.2) is 26.0 Å². The number of nitrogens with zero attached hydrogens (tertiary/aromatic N) is 2. The molecule has 0 bridgehead atoms. The third-order valence-electron chi connectivity index (χ3n) is 5.81. The van der Waals surface area contributed by atoms with Gasteiger partial charge in [0.1, 0.15) is 5.75 Å². The summed E-state index contributed by atoms with van der Waals surface area (Å²) in [7, 11) is -4.41. The number of hydrogen-bond acceptors (Lipinski definition) is 4. The number of anilines is 2. The van der Waals surface area contributed by atoms with Gasteiger partial charge in [-0.15, -0.1) is 0 Å². The summed E-state index contributed by atoms with van der Waals surface area (Å²) in [5.41, 5.74) is 0.789. The van der Waals surface area contributed by atoms with E-state index >= 15 is 0 Å². The Hall–Kier alpha value is -3.30. The van der Waals surface area contributed by atoms with Crippen molar-refractivity contribution in [2.75, 3.05) is 15.6 Å². The molecule has 10 heteroatoms. The maximum absolute atomic E-state index is 14.1. The molecule has 3 aromatic rings. The van der Waals surface area contributed by atoms with Crippen LogP contribution in [0.25, 0.3) is 0 Å². The Morgan fingerprint density at radius 1 is 0.939 bits per heavy atom. The van der Waals surface area contributed by atoms with Gasteiger partial charge in [0.15, 0.2) is 21.5 Å². The van der Waals surface area contributed by atoms with E-state index < -0.39 is 43.9 Å². The zero-order chi connectivity index (χ0) is 23.5. The molecular weight excluding hydrogens is 474 g/mol. The zero-order valence-electron chi connectivity index (χ0n) is 16.8. The molecule has 1 unspecified atom stereocenters. The molecule has 2 aliphatic heterocycles. The Kier molecular flexibility index (Phi) is 4.80. The van der Waals surface area contributed by atoms with Gasteiger partial charge in [0.25, 0.3) is 10.8 Å². The van der Waals surface area contributed by atoms with E-state index in [0.29, 0.717) is 22.3 Å². The Labute approximate surface area is 192 Å². The molecular formula is C23H15ClF2N2O4S. The van der Waals surface area contributed by atoms with Crippen LogP contribution in [0.1, 0.15) is 11.1 Å². The zero-order valence-corrected chi connectivity index (χ0v) is 18.4. The van der Waals surface area contributed by atoms with Gasteiger partial charge in [-0.05, 0) is 35.9 Å². The number of sulfone groups is 1. The Morgan fingerprint density at radius 2 is 1.70 bits per heavy atom. The van der Waals surface area contributed by atoms with Crippen LogP contribution >= 0.6 is 11.6 Å². The predicted octanol–water partition coefficient (Wildman–Crippen LogP) is 3.78. The lowest BCUT2D eigenvalue weighted by molar-refractivity contribution is -0.123. The molecule has 3 aromatic carbocycles. The Balaban J connectivity index is 1.74. The van der Waals surface area contributed by atoms with Gasteiger partial charge in [-0.3, -0.25) is 14.5 Å². The van der Waals surface area contributed by atoms with Crippen molar-refractivity contribution in [3.8, 4) is 0 Å². The molecule has 0 radical (unpaired) electrons. The third-order valence-corrected chi connectivity index (χ3v) is 8.15. The van der Waals surface area contributed by atoms with Gasteiger partial charge in [0, 0.05) is 22.3 Å². The van der Waals surface area contributed by atoms with Crippen LogP contribution < -0.4 is 9.80 Å². The first-order chi connectivity index (χ1) is 15.7. The predicted molar refractivity (Wildman–Crippen MR) is 118 cm³/mol.